The molecule has 2 amide bonds. The van der Waals surface area contributed by atoms with Gasteiger partial charge in [-0.1, -0.05) is 13.0 Å². The third kappa shape index (κ3) is 4.20. The predicted molar refractivity (Wildman–Crippen MR) is 96.4 cm³/mol. The Labute approximate surface area is 151 Å². The fourth-order valence-corrected chi connectivity index (χ4v) is 2.59. The number of esters is 1. The minimum atomic E-state index is -0.618. The lowest BCUT2D eigenvalue weighted by Crippen LogP contribution is -2.31. The fourth-order valence-electron chi connectivity index (χ4n) is 2.59. The van der Waals surface area contributed by atoms with E-state index in [1.807, 2.05) is 13.0 Å². The number of nitrogens with zero attached hydrogens (tertiary/aromatic N) is 1. The first-order valence-corrected chi connectivity index (χ1v) is 8.30. The molecule has 1 aromatic rings. The number of aryl methyl sites for hydroxylation is 1. The van der Waals surface area contributed by atoms with Crippen LogP contribution in [0.15, 0.2) is 29.5 Å². The molecule has 1 aliphatic heterocycles. The molecule has 0 atom stereocenters. The molecule has 8 nitrogen and oxygen atoms in total. The molecule has 0 radical (unpaired) electrons. The quantitative estimate of drug-likeness (QED) is 0.626. The molecule has 140 valence electrons. The summed E-state index contributed by atoms with van der Waals surface area (Å²) >= 11 is 0. The van der Waals surface area contributed by atoms with Gasteiger partial charge in [0.15, 0.2) is 0 Å². The number of methoxy groups -OCH3 is 1. The van der Waals surface area contributed by atoms with Crippen molar-refractivity contribution in [1.82, 2.24) is 4.90 Å². The Kier molecular flexibility index (Phi) is 6.35. The molecule has 2 rings (SSSR count). The molecule has 1 heterocycles. The molecule has 0 saturated carbocycles. The van der Waals surface area contributed by atoms with Gasteiger partial charge >= 0.3 is 5.97 Å². The molecule has 0 unspecified atom stereocenters. The van der Waals surface area contributed by atoms with Crippen LogP contribution in [-0.4, -0.2) is 54.6 Å². The standard InChI is InChI=1S/C18H23N3O5/c1-4-15(23)19-13-6-5-11(2)9-14(13)20-16-12(18(25)26-3)10-21(7-8-22)17(16)24/h5-6,9,20,22H,4,7-8,10H2,1-3H3,(H,19,23). The van der Waals surface area contributed by atoms with Gasteiger partial charge in [-0.05, 0) is 24.6 Å². The second-order valence-corrected chi connectivity index (χ2v) is 5.87. The minimum Gasteiger partial charge on any atom is -0.466 e. The van der Waals surface area contributed by atoms with E-state index in [0.717, 1.165) is 5.56 Å². The van der Waals surface area contributed by atoms with Crippen LogP contribution in [-0.2, 0) is 19.1 Å². The molecule has 1 aliphatic rings. The Morgan fingerprint density at radius 2 is 2.04 bits per heavy atom. The molecular weight excluding hydrogens is 338 g/mol. The van der Waals surface area contributed by atoms with Gasteiger partial charge in [0.2, 0.25) is 5.91 Å². The highest BCUT2D eigenvalue weighted by Gasteiger charge is 2.34. The smallest absolute Gasteiger partial charge is 0.337 e. The van der Waals surface area contributed by atoms with Crippen LogP contribution < -0.4 is 10.6 Å². The molecule has 8 heteroatoms. The number of aliphatic hydroxyl groups is 1. The summed E-state index contributed by atoms with van der Waals surface area (Å²) in [5, 5.41) is 14.9. The van der Waals surface area contributed by atoms with Crippen LogP contribution in [0, 0.1) is 6.92 Å². The van der Waals surface area contributed by atoms with Gasteiger partial charge in [-0.2, -0.15) is 0 Å². The zero-order valence-corrected chi connectivity index (χ0v) is 15.1. The number of hydrogen-bond donors (Lipinski definition) is 3. The fraction of sp³-hybridized carbons (Fsp3) is 0.389. The first-order valence-electron chi connectivity index (χ1n) is 8.30. The van der Waals surface area contributed by atoms with Crippen molar-refractivity contribution >= 4 is 29.2 Å². The Bertz CT molecular complexity index is 757. The average molecular weight is 361 g/mol. The second kappa shape index (κ2) is 8.48. The normalized spacial score (nSPS) is 13.8. The first kappa shape index (κ1) is 19.5. The summed E-state index contributed by atoms with van der Waals surface area (Å²) in [6, 6.07) is 5.34. The number of benzene rings is 1. The number of ether oxygens (including phenoxy) is 1. The third-order valence-electron chi connectivity index (χ3n) is 3.98. The van der Waals surface area contributed by atoms with E-state index in [1.165, 1.54) is 12.0 Å². The van der Waals surface area contributed by atoms with E-state index in [1.54, 1.807) is 19.1 Å². The van der Waals surface area contributed by atoms with E-state index in [4.69, 9.17) is 9.84 Å². The SMILES string of the molecule is CCC(=O)Nc1ccc(C)cc1NC1=C(C(=O)OC)CN(CCO)C1=O. The van der Waals surface area contributed by atoms with Gasteiger partial charge in [0.05, 0.1) is 37.2 Å². The highest BCUT2D eigenvalue weighted by Crippen LogP contribution is 2.28. The highest BCUT2D eigenvalue weighted by molar-refractivity contribution is 6.09. The van der Waals surface area contributed by atoms with Crippen molar-refractivity contribution in [2.24, 2.45) is 0 Å². The number of carbonyl (C=O) groups excluding carboxylic acids is 3. The van der Waals surface area contributed by atoms with Gasteiger partial charge in [0.25, 0.3) is 5.91 Å². The summed E-state index contributed by atoms with van der Waals surface area (Å²) in [7, 11) is 1.24. The van der Waals surface area contributed by atoms with Gasteiger partial charge in [-0.3, -0.25) is 9.59 Å². The largest absolute Gasteiger partial charge is 0.466 e. The third-order valence-corrected chi connectivity index (χ3v) is 3.98. The van der Waals surface area contributed by atoms with E-state index < -0.39 is 11.9 Å². The summed E-state index contributed by atoms with van der Waals surface area (Å²) < 4.78 is 4.76. The van der Waals surface area contributed by atoms with Crippen LogP contribution in [0.25, 0.3) is 0 Å². The molecule has 0 spiro atoms. The Morgan fingerprint density at radius 3 is 2.65 bits per heavy atom. The zero-order chi connectivity index (χ0) is 19.3. The summed E-state index contributed by atoms with van der Waals surface area (Å²) in [5.74, 6) is -1.19. The van der Waals surface area contributed by atoms with Crippen molar-refractivity contribution in [3.63, 3.8) is 0 Å². The summed E-state index contributed by atoms with van der Waals surface area (Å²) in [4.78, 5) is 37.8. The Morgan fingerprint density at radius 1 is 1.31 bits per heavy atom. The minimum absolute atomic E-state index is 0.0524. The number of rotatable bonds is 7. The van der Waals surface area contributed by atoms with Crippen molar-refractivity contribution in [2.45, 2.75) is 20.3 Å². The van der Waals surface area contributed by atoms with Crippen molar-refractivity contribution in [3.05, 3.63) is 35.0 Å². The molecule has 3 N–H and O–H groups in total. The molecule has 0 bridgehead atoms. The van der Waals surface area contributed by atoms with Gasteiger partial charge < -0.3 is 25.4 Å². The van der Waals surface area contributed by atoms with Crippen LogP contribution in [0.5, 0.6) is 0 Å². The maximum absolute atomic E-state index is 12.6. The van der Waals surface area contributed by atoms with E-state index >= 15 is 0 Å². The van der Waals surface area contributed by atoms with Crippen molar-refractivity contribution in [1.29, 1.82) is 0 Å². The molecule has 0 aromatic heterocycles. The number of anilines is 2. The number of β-amino-alcohol motifs (C(OH)–C–C–N with tert-alkyl or cyclic N) is 1. The molecule has 0 saturated heterocycles. The number of aliphatic hydroxyl groups excluding tert-OH is 1. The Balaban J connectivity index is 2.40. The molecule has 0 aliphatic carbocycles. The predicted octanol–water partition coefficient (Wildman–Crippen LogP) is 1.02. The van der Waals surface area contributed by atoms with E-state index in [2.05, 4.69) is 10.6 Å². The number of nitrogens with one attached hydrogen (secondary N) is 2. The van der Waals surface area contributed by atoms with Crippen LogP contribution in [0.2, 0.25) is 0 Å². The molecule has 1 aromatic carbocycles. The van der Waals surface area contributed by atoms with Crippen molar-refractivity contribution in [3.8, 4) is 0 Å². The molecular formula is C18H23N3O5. The highest BCUT2D eigenvalue weighted by atomic mass is 16.5. The Hall–Kier alpha value is -2.87. The average Bonchev–Trinajstić information content (AvgIpc) is 2.93. The summed E-state index contributed by atoms with van der Waals surface area (Å²) in [6.45, 7) is 3.56. The topological polar surface area (TPSA) is 108 Å². The number of amides is 2. The van der Waals surface area contributed by atoms with Crippen LogP contribution in [0.4, 0.5) is 11.4 Å². The lowest BCUT2D eigenvalue weighted by Gasteiger charge is -2.17. The second-order valence-electron chi connectivity index (χ2n) is 5.87. The lowest BCUT2D eigenvalue weighted by molar-refractivity contribution is -0.136. The van der Waals surface area contributed by atoms with Crippen LogP contribution in [0.3, 0.4) is 0 Å². The summed E-state index contributed by atoms with van der Waals surface area (Å²) in [6.07, 6.45) is 0.312. The van der Waals surface area contributed by atoms with Crippen LogP contribution >= 0.6 is 0 Å². The first-order chi connectivity index (χ1) is 12.4. The van der Waals surface area contributed by atoms with E-state index in [0.29, 0.717) is 17.8 Å². The monoisotopic (exact) mass is 361 g/mol. The van der Waals surface area contributed by atoms with Gasteiger partial charge in [0.1, 0.15) is 5.70 Å². The van der Waals surface area contributed by atoms with Crippen molar-refractivity contribution < 1.29 is 24.2 Å². The zero-order valence-electron chi connectivity index (χ0n) is 15.1. The van der Waals surface area contributed by atoms with Crippen LogP contribution in [0.1, 0.15) is 18.9 Å². The lowest BCUT2D eigenvalue weighted by atomic mass is 10.1. The van der Waals surface area contributed by atoms with Crippen molar-refractivity contribution in [2.75, 3.05) is 37.4 Å². The number of hydrogen-bond acceptors (Lipinski definition) is 6. The maximum atomic E-state index is 12.6. The molecule has 26 heavy (non-hydrogen) atoms. The van der Waals surface area contributed by atoms with E-state index in [9.17, 15) is 14.4 Å². The maximum Gasteiger partial charge on any atom is 0.337 e. The number of carbonyl (C=O) groups is 3. The van der Waals surface area contributed by atoms with E-state index in [-0.39, 0.29) is 36.9 Å². The van der Waals surface area contributed by atoms with Gasteiger partial charge in [-0.25, -0.2) is 4.79 Å². The van der Waals surface area contributed by atoms with Gasteiger partial charge in [0, 0.05) is 13.0 Å². The summed E-state index contributed by atoms with van der Waals surface area (Å²) in [5.41, 5.74) is 2.19. The molecule has 0 fully saturated rings. The van der Waals surface area contributed by atoms with Gasteiger partial charge in [-0.15, -0.1) is 0 Å².